The van der Waals surface area contributed by atoms with Crippen molar-refractivity contribution in [2.45, 2.75) is 52.1 Å². The van der Waals surface area contributed by atoms with Crippen LogP contribution in [0.3, 0.4) is 0 Å². The lowest BCUT2D eigenvalue weighted by atomic mass is 9.83. The van der Waals surface area contributed by atoms with E-state index in [4.69, 9.17) is 0 Å². The molecule has 1 aromatic heterocycles. The Labute approximate surface area is 116 Å². The highest BCUT2D eigenvalue weighted by atomic mass is 16.3. The highest BCUT2D eigenvalue weighted by molar-refractivity contribution is 5.45. The first-order valence-corrected chi connectivity index (χ1v) is 7.31. The Morgan fingerprint density at radius 3 is 2.32 bits per heavy atom. The molecule has 19 heavy (non-hydrogen) atoms. The maximum Gasteiger partial charge on any atom is 0.0621 e. The summed E-state index contributed by atoms with van der Waals surface area (Å²) < 4.78 is 0. The number of hydrogen-bond donors (Lipinski definition) is 1. The molecule has 106 valence electrons. The van der Waals surface area contributed by atoms with Gasteiger partial charge in [-0.15, -0.1) is 0 Å². The SMILES string of the molecule is CC(C)c1ccc(N2CCC(C(C)(C)O)CC2)cn1. The molecule has 1 aliphatic rings. The molecule has 0 bridgehead atoms. The van der Waals surface area contributed by atoms with Gasteiger partial charge < -0.3 is 10.0 Å². The van der Waals surface area contributed by atoms with Gasteiger partial charge in [0.05, 0.1) is 17.5 Å². The van der Waals surface area contributed by atoms with E-state index in [1.807, 2.05) is 20.0 Å². The van der Waals surface area contributed by atoms with Crippen molar-refractivity contribution in [1.29, 1.82) is 0 Å². The molecule has 0 aromatic carbocycles. The van der Waals surface area contributed by atoms with Crippen molar-refractivity contribution >= 4 is 5.69 Å². The topological polar surface area (TPSA) is 36.4 Å². The molecule has 2 rings (SSSR count). The molecule has 1 fully saturated rings. The minimum Gasteiger partial charge on any atom is -0.390 e. The summed E-state index contributed by atoms with van der Waals surface area (Å²) in [6.07, 6.45) is 4.09. The number of hydrogen-bond acceptors (Lipinski definition) is 3. The average molecular weight is 262 g/mol. The van der Waals surface area contributed by atoms with E-state index in [0.717, 1.165) is 31.6 Å². The van der Waals surface area contributed by atoms with Gasteiger partial charge in [0.15, 0.2) is 0 Å². The molecule has 0 atom stereocenters. The van der Waals surface area contributed by atoms with Crippen molar-refractivity contribution in [3.63, 3.8) is 0 Å². The lowest BCUT2D eigenvalue weighted by Crippen LogP contribution is -2.41. The summed E-state index contributed by atoms with van der Waals surface area (Å²) in [4.78, 5) is 6.90. The Morgan fingerprint density at radius 2 is 1.89 bits per heavy atom. The third-order valence-electron chi connectivity index (χ3n) is 4.22. The van der Waals surface area contributed by atoms with Crippen LogP contribution in [0, 0.1) is 5.92 Å². The predicted octanol–water partition coefficient (Wildman–Crippen LogP) is 3.19. The lowest BCUT2D eigenvalue weighted by molar-refractivity contribution is 0.00651. The number of pyridine rings is 1. The molecular weight excluding hydrogens is 236 g/mol. The van der Waals surface area contributed by atoms with Gasteiger partial charge in [0.2, 0.25) is 0 Å². The summed E-state index contributed by atoms with van der Waals surface area (Å²) in [6, 6.07) is 4.30. The van der Waals surface area contributed by atoms with Crippen LogP contribution in [0.25, 0.3) is 0 Å². The Hall–Kier alpha value is -1.09. The van der Waals surface area contributed by atoms with Crippen molar-refractivity contribution in [2.24, 2.45) is 5.92 Å². The van der Waals surface area contributed by atoms with Crippen molar-refractivity contribution < 1.29 is 5.11 Å². The zero-order valence-corrected chi connectivity index (χ0v) is 12.6. The van der Waals surface area contributed by atoms with Gasteiger partial charge >= 0.3 is 0 Å². The molecule has 0 saturated carbocycles. The lowest BCUT2D eigenvalue weighted by Gasteiger charge is -2.38. The van der Waals surface area contributed by atoms with Crippen molar-refractivity contribution in [2.75, 3.05) is 18.0 Å². The van der Waals surface area contributed by atoms with Gasteiger partial charge in [-0.2, -0.15) is 0 Å². The number of nitrogens with zero attached hydrogens (tertiary/aromatic N) is 2. The number of piperidine rings is 1. The van der Waals surface area contributed by atoms with Crippen LogP contribution in [0.15, 0.2) is 18.3 Å². The number of rotatable bonds is 3. The minimum atomic E-state index is -0.550. The van der Waals surface area contributed by atoms with Crippen LogP contribution in [0.2, 0.25) is 0 Å². The van der Waals surface area contributed by atoms with Crippen LogP contribution in [0.4, 0.5) is 5.69 Å². The Bertz CT molecular complexity index is 398. The van der Waals surface area contributed by atoms with E-state index in [-0.39, 0.29) is 0 Å². The largest absolute Gasteiger partial charge is 0.390 e. The molecule has 0 spiro atoms. The summed E-state index contributed by atoms with van der Waals surface area (Å²) in [6.45, 7) is 10.2. The summed E-state index contributed by atoms with van der Waals surface area (Å²) in [5, 5.41) is 10.1. The van der Waals surface area contributed by atoms with Crippen LogP contribution in [0.1, 0.15) is 52.1 Å². The van der Waals surface area contributed by atoms with Crippen molar-refractivity contribution in [3.8, 4) is 0 Å². The summed E-state index contributed by atoms with van der Waals surface area (Å²) in [7, 11) is 0. The molecular formula is C16H26N2O. The molecule has 0 aliphatic carbocycles. The first-order chi connectivity index (χ1) is 8.88. The van der Waals surface area contributed by atoms with Gasteiger partial charge in [-0.3, -0.25) is 4.98 Å². The van der Waals surface area contributed by atoms with Crippen molar-refractivity contribution in [1.82, 2.24) is 4.98 Å². The average Bonchev–Trinajstić information content (AvgIpc) is 2.38. The van der Waals surface area contributed by atoms with E-state index in [9.17, 15) is 5.11 Å². The number of anilines is 1. The van der Waals surface area contributed by atoms with Gasteiger partial charge in [0.1, 0.15) is 0 Å². The smallest absolute Gasteiger partial charge is 0.0621 e. The monoisotopic (exact) mass is 262 g/mol. The Kier molecular flexibility index (Phi) is 4.14. The molecule has 1 aliphatic heterocycles. The third-order valence-corrected chi connectivity index (χ3v) is 4.22. The second-order valence-corrected chi connectivity index (χ2v) is 6.51. The Morgan fingerprint density at radius 1 is 1.26 bits per heavy atom. The molecule has 3 nitrogen and oxygen atoms in total. The highest BCUT2D eigenvalue weighted by Gasteiger charge is 2.30. The van der Waals surface area contributed by atoms with Gasteiger partial charge in [0.25, 0.3) is 0 Å². The minimum absolute atomic E-state index is 0.409. The standard InChI is InChI=1S/C16H26N2O/c1-12(2)15-6-5-14(11-17-15)18-9-7-13(8-10-18)16(3,4)19/h5-6,11-13,19H,7-10H2,1-4H3. The van der Waals surface area contributed by atoms with Crippen LogP contribution >= 0.6 is 0 Å². The fraction of sp³-hybridized carbons (Fsp3) is 0.688. The fourth-order valence-corrected chi connectivity index (χ4v) is 2.77. The second-order valence-electron chi connectivity index (χ2n) is 6.51. The predicted molar refractivity (Wildman–Crippen MR) is 79.6 cm³/mol. The van der Waals surface area contributed by atoms with Crippen LogP contribution in [-0.2, 0) is 0 Å². The molecule has 1 N–H and O–H groups in total. The summed E-state index contributed by atoms with van der Waals surface area (Å²) >= 11 is 0. The van der Waals surface area contributed by atoms with E-state index >= 15 is 0 Å². The molecule has 3 heteroatoms. The zero-order chi connectivity index (χ0) is 14.0. The molecule has 2 heterocycles. The van der Waals surface area contributed by atoms with Gasteiger partial charge in [0, 0.05) is 18.8 Å². The first-order valence-electron chi connectivity index (χ1n) is 7.31. The van der Waals surface area contributed by atoms with E-state index in [2.05, 4.69) is 35.9 Å². The molecule has 0 unspecified atom stereocenters. The highest BCUT2D eigenvalue weighted by Crippen LogP contribution is 2.30. The van der Waals surface area contributed by atoms with Crippen molar-refractivity contribution in [3.05, 3.63) is 24.0 Å². The van der Waals surface area contributed by atoms with E-state index in [0.29, 0.717) is 11.8 Å². The number of aromatic nitrogens is 1. The number of aliphatic hydroxyl groups is 1. The Balaban J connectivity index is 1.98. The van der Waals surface area contributed by atoms with Crippen LogP contribution < -0.4 is 4.90 Å². The summed E-state index contributed by atoms with van der Waals surface area (Å²) in [5.74, 6) is 0.890. The molecule has 0 amide bonds. The zero-order valence-electron chi connectivity index (χ0n) is 12.6. The first kappa shape index (κ1) is 14.3. The normalized spacial score (nSPS) is 18.1. The fourth-order valence-electron chi connectivity index (χ4n) is 2.77. The third kappa shape index (κ3) is 3.47. The van der Waals surface area contributed by atoms with Gasteiger partial charge in [-0.05, 0) is 50.7 Å². The quantitative estimate of drug-likeness (QED) is 0.909. The van der Waals surface area contributed by atoms with E-state index in [1.54, 1.807) is 0 Å². The molecule has 0 radical (unpaired) electrons. The van der Waals surface area contributed by atoms with Crippen LogP contribution in [0.5, 0.6) is 0 Å². The second kappa shape index (κ2) is 5.49. The maximum atomic E-state index is 10.1. The van der Waals surface area contributed by atoms with E-state index in [1.165, 1.54) is 5.69 Å². The van der Waals surface area contributed by atoms with Crippen LogP contribution in [-0.4, -0.2) is 28.8 Å². The van der Waals surface area contributed by atoms with Gasteiger partial charge in [-0.1, -0.05) is 13.8 Å². The van der Waals surface area contributed by atoms with E-state index < -0.39 is 5.60 Å². The summed E-state index contributed by atoms with van der Waals surface area (Å²) in [5.41, 5.74) is 1.81. The van der Waals surface area contributed by atoms with Gasteiger partial charge in [-0.25, -0.2) is 0 Å². The molecule has 1 aromatic rings. The maximum absolute atomic E-state index is 10.1. The molecule has 1 saturated heterocycles.